The van der Waals surface area contributed by atoms with Crippen molar-refractivity contribution < 1.29 is 9.59 Å². The molecule has 0 bridgehead atoms. The molecule has 6 heteroatoms. The van der Waals surface area contributed by atoms with Gasteiger partial charge >= 0.3 is 0 Å². The first-order chi connectivity index (χ1) is 10.6. The lowest BCUT2D eigenvalue weighted by atomic mass is 10.1. The highest BCUT2D eigenvalue weighted by molar-refractivity contribution is 7.17. The Balaban J connectivity index is 1.70. The molecule has 3 rings (SSSR count). The molecule has 0 radical (unpaired) electrons. The number of benzene rings is 1. The number of carbonyl (C=O) groups is 2. The van der Waals surface area contributed by atoms with E-state index in [9.17, 15) is 9.59 Å². The number of amides is 2. The van der Waals surface area contributed by atoms with Crippen LogP contribution in [0.2, 0.25) is 0 Å². The summed E-state index contributed by atoms with van der Waals surface area (Å²) in [5.74, 6) is -0.253. The Morgan fingerprint density at radius 2 is 2.00 bits per heavy atom. The Kier molecular flexibility index (Phi) is 4.40. The Morgan fingerprint density at radius 3 is 2.82 bits per heavy atom. The van der Waals surface area contributed by atoms with Crippen LogP contribution in [0.25, 0.3) is 10.1 Å². The summed E-state index contributed by atoms with van der Waals surface area (Å²) < 4.78 is 1.19. The van der Waals surface area contributed by atoms with Gasteiger partial charge in [0.05, 0.1) is 6.54 Å². The number of nitrogens with zero attached hydrogens (tertiary/aromatic N) is 2. The van der Waals surface area contributed by atoms with Crippen LogP contribution in [0.4, 0.5) is 0 Å². The summed E-state index contributed by atoms with van der Waals surface area (Å²) in [5, 5.41) is 3.15. The fourth-order valence-electron chi connectivity index (χ4n) is 2.83. The Labute approximate surface area is 133 Å². The van der Waals surface area contributed by atoms with Crippen molar-refractivity contribution in [1.29, 1.82) is 0 Å². The molecule has 2 heterocycles. The number of thiophene rings is 1. The first-order valence-electron chi connectivity index (χ1n) is 7.41. The van der Waals surface area contributed by atoms with Gasteiger partial charge in [0.1, 0.15) is 0 Å². The van der Waals surface area contributed by atoms with E-state index in [-0.39, 0.29) is 18.4 Å². The van der Waals surface area contributed by atoms with Crippen molar-refractivity contribution in [1.82, 2.24) is 9.80 Å². The van der Waals surface area contributed by atoms with Crippen LogP contribution in [0.3, 0.4) is 0 Å². The predicted molar refractivity (Wildman–Crippen MR) is 88.0 cm³/mol. The molecule has 5 nitrogen and oxygen atoms in total. The average molecular weight is 317 g/mol. The monoisotopic (exact) mass is 317 g/mol. The van der Waals surface area contributed by atoms with Gasteiger partial charge in [-0.3, -0.25) is 14.5 Å². The standard InChI is InChI=1S/C16H19N3O2S/c17-15(20)11-18-5-1-6-19(8-7-18)16(21)13-2-3-14-12(10-13)4-9-22-14/h2-4,9-10H,1,5-8,11H2,(H2,17,20). The molecule has 0 saturated carbocycles. The van der Waals surface area contributed by atoms with Crippen molar-refractivity contribution in [2.24, 2.45) is 5.73 Å². The first kappa shape index (κ1) is 15.0. The van der Waals surface area contributed by atoms with Crippen LogP contribution in [0.5, 0.6) is 0 Å². The number of carbonyl (C=O) groups excluding carboxylic acids is 2. The van der Waals surface area contributed by atoms with E-state index in [1.54, 1.807) is 11.3 Å². The van der Waals surface area contributed by atoms with E-state index in [2.05, 4.69) is 0 Å². The average Bonchev–Trinajstić information content (AvgIpc) is 2.84. The summed E-state index contributed by atoms with van der Waals surface area (Å²) in [6, 6.07) is 7.89. The Morgan fingerprint density at radius 1 is 1.14 bits per heavy atom. The van der Waals surface area contributed by atoms with Crippen LogP contribution in [-0.4, -0.2) is 54.3 Å². The zero-order valence-corrected chi connectivity index (χ0v) is 13.1. The molecule has 22 heavy (non-hydrogen) atoms. The molecule has 1 saturated heterocycles. The maximum Gasteiger partial charge on any atom is 0.253 e. The van der Waals surface area contributed by atoms with Gasteiger partial charge in [0, 0.05) is 36.4 Å². The number of fused-ring (bicyclic) bond motifs is 1. The summed E-state index contributed by atoms with van der Waals surface area (Å²) in [4.78, 5) is 27.6. The van der Waals surface area contributed by atoms with E-state index in [1.807, 2.05) is 39.4 Å². The van der Waals surface area contributed by atoms with Gasteiger partial charge in [-0.05, 0) is 41.5 Å². The molecule has 1 aliphatic heterocycles. The molecule has 116 valence electrons. The largest absolute Gasteiger partial charge is 0.369 e. The summed E-state index contributed by atoms with van der Waals surface area (Å²) in [7, 11) is 0. The molecule has 0 atom stereocenters. The van der Waals surface area contributed by atoms with E-state index < -0.39 is 0 Å². The highest BCUT2D eigenvalue weighted by Gasteiger charge is 2.21. The minimum atomic E-state index is -0.317. The van der Waals surface area contributed by atoms with Crippen LogP contribution in [0, 0.1) is 0 Å². The zero-order chi connectivity index (χ0) is 15.5. The van der Waals surface area contributed by atoms with Crippen molar-refractivity contribution in [2.45, 2.75) is 6.42 Å². The molecule has 1 aromatic carbocycles. The van der Waals surface area contributed by atoms with Gasteiger partial charge in [-0.1, -0.05) is 0 Å². The van der Waals surface area contributed by atoms with Crippen LogP contribution >= 0.6 is 11.3 Å². The third kappa shape index (κ3) is 3.28. The number of hydrogen-bond donors (Lipinski definition) is 1. The molecule has 2 N–H and O–H groups in total. The molecule has 1 fully saturated rings. The third-order valence-electron chi connectivity index (χ3n) is 3.95. The molecular formula is C16H19N3O2S. The molecule has 1 aromatic heterocycles. The van der Waals surface area contributed by atoms with Gasteiger partial charge in [0.2, 0.25) is 5.91 Å². The predicted octanol–water partition coefficient (Wildman–Crippen LogP) is 1.53. The minimum absolute atomic E-state index is 0.0639. The topological polar surface area (TPSA) is 66.6 Å². The van der Waals surface area contributed by atoms with Crippen molar-refractivity contribution in [3.63, 3.8) is 0 Å². The second-order valence-corrected chi connectivity index (χ2v) is 6.51. The van der Waals surface area contributed by atoms with Gasteiger partial charge in [-0.15, -0.1) is 11.3 Å². The Bertz CT molecular complexity index is 698. The van der Waals surface area contributed by atoms with Gasteiger partial charge in [0.15, 0.2) is 0 Å². The van der Waals surface area contributed by atoms with Crippen molar-refractivity contribution >= 4 is 33.2 Å². The first-order valence-corrected chi connectivity index (χ1v) is 8.28. The molecule has 2 aromatic rings. The third-order valence-corrected chi connectivity index (χ3v) is 4.85. The minimum Gasteiger partial charge on any atom is -0.369 e. The van der Waals surface area contributed by atoms with Gasteiger partial charge in [-0.25, -0.2) is 0 Å². The summed E-state index contributed by atoms with van der Waals surface area (Å²) in [5.41, 5.74) is 5.97. The fraction of sp³-hybridized carbons (Fsp3) is 0.375. The van der Waals surface area contributed by atoms with E-state index in [1.165, 1.54) is 4.70 Å². The molecular weight excluding hydrogens is 298 g/mol. The van der Waals surface area contributed by atoms with Gasteiger partial charge in [0.25, 0.3) is 5.91 Å². The number of hydrogen-bond acceptors (Lipinski definition) is 4. The maximum absolute atomic E-state index is 12.7. The smallest absolute Gasteiger partial charge is 0.253 e. The fourth-order valence-corrected chi connectivity index (χ4v) is 3.61. The molecule has 2 amide bonds. The van der Waals surface area contributed by atoms with Crippen LogP contribution < -0.4 is 5.73 Å². The number of primary amides is 1. The van der Waals surface area contributed by atoms with Gasteiger partial charge < -0.3 is 10.6 Å². The van der Waals surface area contributed by atoms with E-state index >= 15 is 0 Å². The second kappa shape index (κ2) is 6.46. The molecule has 0 spiro atoms. The van der Waals surface area contributed by atoms with Crippen LogP contribution in [0.1, 0.15) is 16.8 Å². The highest BCUT2D eigenvalue weighted by atomic mass is 32.1. The van der Waals surface area contributed by atoms with Crippen LogP contribution in [-0.2, 0) is 4.79 Å². The zero-order valence-electron chi connectivity index (χ0n) is 12.3. The SMILES string of the molecule is NC(=O)CN1CCCN(C(=O)c2ccc3sccc3c2)CC1. The van der Waals surface area contributed by atoms with Crippen molar-refractivity contribution in [3.8, 4) is 0 Å². The second-order valence-electron chi connectivity index (χ2n) is 5.56. The van der Waals surface area contributed by atoms with E-state index in [0.29, 0.717) is 13.1 Å². The maximum atomic E-state index is 12.7. The van der Waals surface area contributed by atoms with Gasteiger partial charge in [-0.2, -0.15) is 0 Å². The lowest BCUT2D eigenvalue weighted by molar-refractivity contribution is -0.119. The quantitative estimate of drug-likeness (QED) is 0.933. The lowest BCUT2D eigenvalue weighted by Crippen LogP contribution is -2.38. The molecule has 0 unspecified atom stereocenters. The number of nitrogens with two attached hydrogens (primary N) is 1. The van der Waals surface area contributed by atoms with E-state index in [0.717, 1.165) is 30.5 Å². The number of rotatable bonds is 3. The van der Waals surface area contributed by atoms with Crippen LogP contribution in [0.15, 0.2) is 29.6 Å². The molecule has 1 aliphatic rings. The lowest BCUT2D eigenvalue weighted by Gasteiger charge is -2.21. The molecule has 0 aliphatic carbocycles. The summed E-state index contributed by atoms with van der Waals surface area (Å²) in [6.45, 7) is 3.11. The Hall–Kier alpha value is -1.92. The normalized spacial score (nSPS) is 16.6. The highest BCUT2D eigenvalue weighted by Crippen LogP contribution is 2.22. The van der Waals surface area contributed by atoms with Crippen molar-refractivity contribution in [2.75, 3.05) is 32.7 Å². The summed E-state index contributed by atoms with van der Waals surface area (Å²) >= 11 is 1.68. The summed E-state index contributed by atoms with van der Waals surface area (Å²) in [6.07, 6.45) is 0.861. The van der Waals surface area contributed by atoms with E-state index in [4.69, 9.17) is 5.73 Å². The van der Waals surface area contributed by atoms with Crippen molar-refractivity contribution in [3.05, 3.63) is 35.2 Å².